The average Bonchev–Trinajstić information content (AvgIpc) is 3.38. The van der Waals surface area contributed by atoms with Gasteiger partial charge < -0.3 is 65.2 Å². The number of benzene rings is 4. The molecule has 17 heteroatoms. The Morgan fingerprint density at radius 3 is 0.725 bits per heavy atom. The van der Waals surface area contributed by atoms with Crippen LogP contribution in [0.25, 0.3) is 0 Å². The first-order valence-corrected chi connectivity index (χ1v) is 22.8. The Balaban J connectivity index is 0.000000841. The zero-order chi connectivity index (χ0) is 52.1. The van der Waals surface area contributed by atoms with Crippen molar-refractivity contribution in [3.8, 4) is 0 Å². The summed E-state index contributed by atoms with van der Waals surface area (Å²) in [6.45, 7) is 5.79. The smallest absolute Gasteiger partial charge is 0.305 e. The van der Waals surface area contributed by atoms with Crippen molar-refractivity contribution in [1.82, 2.24) is 0 Å². The molecule has 0 aromatic heterocycles. The molecule has 0 aliphatic heterocycles. The maximum atomic E-state index is 10.3. The van der Waals surface area contributed by atoms with Crippen molar-refractivity contribution >= 4 is 46.6 Å². The molecule has 8 N–H and O–H groups in total. The van der Waals surface area contributed by atoms with E-state index < -0.39 is 34.7 Å². The van der Waals surface area contributed by atoms with E-state index in [1.165, 1.54) is 0 Å². The Morgan fingerprint density at radius 2 is 0.580 bits per heavy atom. The van der Waals surface area contributed by atoms with E-state index in [0.717, 1.165) is 22.7 Å². The fraction of sp³-hybridized carbons (Fsp3) is 0.462. The van der Waals surface area contributed by atoms with E-state index in [1.54, 1.807) is 0 Å². The minimum Gasteiger partial charge on any atom is -0.481 e. The molecule has 0 fully saturated rings. The molecule has 0 heterocycles. The predicted octanol–water partition coefficient (Wildman–Crippen LogP) is 6.16. The highest BCUT2D eigenvalue weighted by Gasteiger charge is 2.31. The van der Waals surface area contributed by atoms with Gasteiger partial charge in [-0.05, 0) is 61.4 Å². The number of anilines is 4. The second kappa shape index (κ2) is 36.8. The van der Waals surface area contributed by atoms with Crippen LogP contribution in [0.4, 0.5) is 22.7 Å². The zero-order valence-electron chi connectivity index (χ0n) is 41.3. The number of para-hydroxylation sites is 4. The zero-order valence-corrected chi connectivity index (χ0v) is 41.3. The number of rotatable bonds is 26. The molecule has 0 atom stereocenters. The lowest BCUT2D eigenvalue weighted by Crippen LogP contribution is -2.39. The molecule has 4 aromatic carbocycles. The first kappa shape index (κ1) is 62.8. The number of ether oxygens (including phenoxy) is 1. The third kappa shape index (κ3) is 28.6. The van der Waals surface area contributed by atoms with Crippen LogP contribution in [0.5, 0.6) is 0 Å². The van der Waals surface area contributed by atoms with E-state index in [-0.39, 0.29) is 65.3 Å². The van der Waals surface area contributed by atoms with Crippen molar-refractivity contribution in [3.63, 3.8) is 0 Å². The third-order valence-corrected chi connectivity index (χ3v) is 11.1. The highest BCUT2D eigenvalue weighted by molar-refractivity contribution is 5.69. The summed E-state index contributed by atoms with van der Waals surface area (Å²) >= 11 is 0. The van der Waals surface area contributed by atoms with E-state index >= 15 is 0 Å². The molecule has 0 saturated heterocycles. The summed E-state index contributed by atoms with van der Waals surface area (Å²) in [6.07, 6.45) is 1.91. The van der Waals surface area contributed by atoms with Crippen LogP contribution in [0.2, 0.25) is 0 Å². The minimum absolute atomic E-state index is 0.141. The van der Waals surface area contributed by atoms with Crippen LogP contribution in [0.3, 0.4) is 0 Å². The number of carboxylic acids is 4. The molecule has 69 heavy (non-hydrogen) atoms. The largest absolute Gasteiger partial charge is 0.481 e. The van der Waals surface area contributed by atoms with Crippen molar-refractivity contribution in [2.75, 3.05) is 114 Å². The van der Waals surface area contributed by atoms with Gasteiger partial charge in [0, 0.05) is 87.9 Å². The number of aliphatic carboxylic acids is 4. The first-order valence-electron chi connectivity index (χ1n) is 22.8. The summed E-state index contributed by atoms with van der Waals surface area (Å²) in [5.41, 5.74) is 2.91. The number of nitrogens with zero attached hydrogens (tertiary/aromatic N) is 4. The summed E-state index contributed by atoms with van der Waals surface area (Å²) in [4.78, 5) is 48.9. The lowest BCUT2D eigenvalue weighted by molar-refractivity contribution is -0.137. The predicted molar refractivity (Wildman–Crippen MR) is 272 cm³/mol. The van der Waals surface area contributed by atoms with Gasteiger partial charge in [0.25, 0.3) is 0 Å². The summed E-state index contributed by atoms with van der Waals surface area (Å²) < 4.78 is 5.47. The fourth-order valence-corrected chi connectivity index (χ4v) is 5.72. The molecule has 0 aliphatic rings. The molecule has 0 unspecified atom stereocenters. The Kier molecular flexibility index (Phi) is 33.4. The molecule has 4 aromatic rings. The van der Waals surface area contributed by atoms with E-state index in [1.807, 2.05) is 183 Å². The molecule has 0 spiro atoms. The first-order chi connectivity index (χ1) is 32.9. The van der Waals surface area contributed by atoms with E-state index in [0.29, 0.717) is 39.0 Å². The molecule has 0 saturated carbocycles. The standard InChI is InChI=1S/C12H26O5.4C10H13NO2/c1-3-11(5-13,6-14)9-17-10-12(4-2,7-15)8-16;4*1-11(8-7-10(12)13)9-5-3-2-4-6-9/h13-16H,3-10H2,1-2H3;4*2-6H,7-8H2,1H3,(H,12,13). The third-order valence-electron chi connectivity index (χ3n) is 11.1. The van der Waals surface area contributed by atoms with Crippen LogP contribution in [-0.2, 0) is 23.9 Å². The van der Waals surface area contributed by atoms with Crippen LogP contribution < -0.4 is 19.6 Å². The molecule has 0 aliphatic carbocycles. The van der Waals surface area contributed by atoms with Gasteiger partial charge in [0.15, 0.2) is 0 Å². The maximum Gasteiger partial charge on any atom is 0.305 e. The van der Waals surface area contributed by atoms with Crippen molar-refractivity contribution in [1.29, 1.82) is 0 Å². The van der Waals surface area contributed by atoms with Crippen LogP contribution >= 0.6 is 0 Å². The molecule has 0 bridgehead atoms. The van der Waals surface area contributed by atoms with Gasteiger partial charge in [0.1, 0.15) is 0 Å². The molecular weight excluding hydrogens is 889 g/mol. The topological polar surface area (TPSA) is 252 Å². The lowest BCUT2D eigenvalue weighted by atomic mass is 9.86. The quantitative estimate of drug-likeness (QED) is 0.0351. The van der Waals surface area contributed by atoms with E-state index in [4.69, 9.17) is 25.2 Å². The van der Waals surface area contributed by atoms with Gasteiger partial charge in [-0.25, -0.2) is 0 Å². The number of hydrogen-bond acceptors (Lipinski definition) is 13. The molecule has 17 nitrogen and oxygen atoms in total. The Bertz CT molecular complexity index is 1650. The van der Waals surface area contributed by atoms with E-state index in [9.17, 15) is 39.6 Å². The number of carboxylic acid groups (broad SMARTS) is 4. The number of aliphatic hydroxyl groups is 4. The molecular formula is C52H78N4O13. The molecule has 0 radical (unpaired) electrons. The van der Waals surface area contributed by atoms with Crippen molar-refractivity contribution in [2.24, 2.45) is 10.8 Å². The number of aliphatic hydroxyl groups excluding tert-OH is 4. The Labute approximate surface area is 408 Å². The van der Waals surface area contributed by atoms with Crippen LogP contribution in [0, 0.1) is 10.8 Å². The SMILES string of the molecule is CCC(CO)(CO)COCC(CC)(CO)CO.CN(CCC(=O)O)c1ccccc1.CN(CCC(=O)O)c1ccccc1.CN(CCC(=O)O)c1ccccc1.CN(CCC(=O)O)c1ccccc1. The van der Waals surface area contributed by atoms with Gasteiger partial charge in [0.05, 0.1) is 65.3 Å². The fourth-order valence-electron chi connectivity index (χ4n) is 5.72. The Hall–Kier alpha value is -6.24. The highest BCUT2D eigenvalue weighted by Crippen LogP contribution is 2.25. The molecule has 384 valence electrons. The summed E-state index contributed by atoms with van der Waals surface area (Å²) in [5, 5.41) is 70.9. The summed E-state index contributed by atoms with van der Waals surface area (Å²) in [6, 6.07) is 38.9. The molecule has 4 rings (SSSR count). The maximum absolute atomic E-state index is 10.3. The summed E-state index contributed by atoms with van der Waals surface area (Å²) in [7, 11) is 7.55. The van der Waals surface area contributed by atoms with Crippen molar-refractivity contribution < 1.29 is 64.8 Å². The van der Waals surface area contributed by atoms with Gasteiger partial charge >= 0.3 is 23.9 Å². The van der Waals surface area contributed by atoms with Gasteiger partial charge in [-0.1, -0.05) is 86.6 Å². The second-order valence-corrected chi connectivity index (χ2v) is 16.4. The second-order valence-electron chi connectivity index (χ2n) is 16.4. The molecule has 0 amide bonds. The van der Waals surface area contributed by atoms with Crippen LogP contribution in [0.15, 0.2) is 121 Å². The average molecular weight is 967 g/mol. The number of carbonyl (C=O) groups is 4. The number of hydrogen-bond donors (Lipinski definition) is 8. The van der Waals surface area contributed by atoms with Gasteiger partial charge in [-0.2, -0.15) is 0 Å². The lowest BCUT2D eigenvalue weighted by Gasteiger charge is -2.32. The Morgan fingerprint density at radius 1 is 0.391 bits per heavy atom. The monoisotopic (exact) mass is 967 g/mol. The highest BCUT2D eigenvalue weighted by atomic mass is 16.5. The van der Waals surface area contributed by atoms with Crippen molar-refractivity contribution in [2.45, 2.75) is 52.4 Å². The minimum atomic E-state index is -0.761. The van der Waals surface area contributed by atoms with Crippen LogP contribution in [0.1, 0.15) is 52.4 Å². The van der Waals surface area contributed by atoms with Gasteiger partial charge in [-0.15, -0.1) is 0 Å². The van der Waals surface area contributed by atoms with E-state index in [2.05, 4.69) is 0 Å². The summed E-state index contributed by atoms with van der Waals surface area (Å²) in [5.74, 6) is -3.05. The van der Waals surface area contributed by atoms with Gasteiger partial charge in [0.2, 0.25) is 0 Å². The van der Waals surface area contributed by atoms with Crippen LogP contribution in [-0.4, -0.2) is 159 Å². The van der Waals surface area contributed by atoms with Gasteiger partial charge in [-0.3, -0.25) is 19.2 Å². The van der Waals surface area contributed by atoms with Crippen molar-refractivity contribution in [3.05, 3.63) is 121 Å². The normalized spacial score (nSPS) is 10.5.